The van der Waals surface area contributed by atoms with E-state index in [4.69, 9.17) is 13.7 Å². The molecule has 0 saturated carbocycles. The van der Waals surface area contributed by atoms with Gasteiger partial charge in [-0.3, -0.25) is 0 Å². The summed E-state index contributed by atoms with van der Waals surface area (Å²) in [5, 5.41) is 7.52. The predicted molar refractivity (Wildman–Crippen MR) is 240 cm³/mol. The summed E-state index contributed by atoms with van der Waals surface area (Å²) in [6.45, 7) is 0. The molecule has 3 nitrogen and oxygen atoms in total. The first-order chi connectivity index (χ1) is 32.0. The Balaban J connectivity index is 1.19. The van der Waals surface area contributed by atoms with Crippen molar-refractivity contribution in [2.24, 2.45) is 0 Å². The summed E-state index contributed by atoms with van der Waals surface area (Å²) in [6.07, 6.45) is 0. The van der Waals surface area contributed by atoms with Crippen LogP contribution in [0.1, 0.15) is 13.7 Å². The summed E-state index contributed by atoms with van der Waals surface area (Å²) in [5.41, 5.74) is 5.47. The van der Waals surface area contributed by atoms with Crippen LogP contribution in [0, 0.1) is 0 Å². The lowest BCUT2D eigenvalue weighted by Gasteiger charge is -2.26. The SMILES string of the molecule is [2H]c1c([2H])c([2H])c(N(c2ccccc2)c2cccc3sc4c(-n5c6ccccc6c6cc7c8c9ccccc9ccc8n(-c8c([2H])c([2H])c([2H])c([2H])c8[2H])c7cc65)cccc4c23)c([2H])c1[2H]. The Morgan fingerprint density at radius 3 is 2.02 bits per heavy atom. The van der Waals surface area contributed by atoms with Gasteiger partial charge in [-0.2, -0.15) is 0 Å². The maximum atomic E-state index is 9.16. The summed E-state index contributed by atoms with van der Waals surface area (Å²) >= 11 is 1.60. The van der Waals surface area contributed by atoms with E-state index in [1.54, 1.807) is 16.2 Å². The van der Waals surface area contributed by atoms with Gasteiger partial charge >= 0.3 is 0 Å². The van der Waals surface area contributed by atoms with E-state index in [2.05, 4.69) is 47.0 Å². The van der Waals surface area contributed by atoms with Crippen LogP contribution in [0.25, 0.3) is 85.9 Å². The van der Waals surface area contributed by atoms with Gasteiger partial charge in [0.05, 0.1) is 51.8 Å². The molecule has 9 aromatic carbocycles. The van der Waals surface area contributed by atoms with Crippen LogP contribution in [0.2, 0.25) is 0 Å². The molecule has 56 heavy (non-hydrogen) atoms. The van der Waals surface area contributed by atoms with Gasteiger partial charge in [-0.05, 0) is 89.5 Å². The molecule has 0 aliphatic heterocycles. The molecule has 0 aliphatic rings. The smallest absolute Gasteiger partial charge is 0.0645 e. The van der Waals surface area contributed by atoms with E-state index in [9.17, 15) is 0 Å². The summed E-state index contributed by atoms with van der Waals surface area (Å²) in [7, 11) is 0. The number of rotatable bonds is 5. The summed E-state index contributed by atoms with van der Waals surface area (Å²) in [6, 6.07) is 42.1. The molecule has 0 aliphatic carbocycles. The molecule has 0 unspecified atom stereocenters. The molecular formula is C52H33N3S. The largest absolute Gasteiger partial charge is 0.310 e. The minimum Gasteiger partial charge on any atom is -0.310 e. The van der Waals surface area contributed by atoms with Crippen molar-refractivity contribution in [3.63, 3.8) is 0 Å². The molecule has 0 fully saturated rings. The second kappa shape index (κ2) is 12.2. The van der Waals surface area contributed by atoms with E-state index < -0.39 is 36.3 Å². The molecule has 0 N–H and O–H groups in total. The van der Waals surface area contributed by atoms with Crippen LogP contribution < -0.4 is 4.90 Å². The first-order valence-corrected chi connectivity index (χ1v) is 19.1. The predicted octanol–water partition coefficient (Wildman–Crippen LogP) is 14.9. The number of para-hydroxylation sites is 4. The van der Waals surface area contributed by atoms with E-state index in [0.29, 0.717) is 22.4 Å². The third-order valence-electron chi connectivity index (χ3n) is 10.8. The van der Waals surface area contributed by atoms with Gasteiger partial charge in [-0.15, -0.1) is 11.3 Å². The Morgan fingerprint density at radius 1 is 0.446 bits per heavy atom. The number of aromatic nitrogens is 2. The monoisotopic (exact) mass is 741 g/mol. The fourth-order valence-electron chi connectivity index (χ4n) is 8.60. The van der Waals surface area contributed by atoms with E-state index in [1.807, 2.05) is 102 Å². The van der Waals surface area contributed by atoms with Crippen molar-refractivity contribution in [1.29, 1.82) is 0 Å². The fourth-order valence-corrected chi connectivity index (χ4v) is 9.83. The van der Waals surface area contributed by atoms with Crippen LogP contribution in [0.4, 0.5) is 17.1 Å². The summed E-state index contributed by atoms with van der Waals surface area (Å²) in [5.74, 6) is 0. The van der Waals surface area contributed by atoms with Crippen LogP contribution >= 0.6 is 11.3 Å². The van der Waals surface area contributed by atoms with Gasteiger partial charge in [-0.25, -0.2) is 0 Å². The minimum atomic E-state index is -0.462. The molecule has 0 atom stereocenters. The molecule has 12 aromatic rings. The molecule has 0 spiro atoms. The van der Waals surface area contributed by atoms with Crippen molar-refractivity contribution in [3.05, 3.63) is 200 Å². The number of hydrogen-bond acceptors (Lipinski definition) is 2. The van der Waals surface area contributed by atoms with Gasteiger partial charge in [0.2, 0.25) is 0 Å². The third kappa shape index (κ3) is 4.51. The first kappa shape index (κ1) is 22.9. The Labute approximate surface area is 341 Å². The lowest BCUT2D eigenvalue weighted by molar-refractivity contribution is 1.17. The Hall–Kier alpha value is -7.14. The summed E-state index contributed by atoms with van der Waals surface area (Å²) < 4.78 is 93.7. The quantitative estimate of drug-likeness (QED) is 0.171. The van der Waals surface area contributed by atoms with Gasteiger partial charge in [0, 0.05) is 54.1 Å². The van der Waals surface area contributed by atoms with Crippen molar-refractivity contribution in [2.45, 2.75) is 0 Å². The molecule has 3 aromatic heterocycles. The van der Waals surface area contributed by atoms with Gasteiger partial charge in [0.1, 0.15) is 0 Å². The Kier molecular flexibility index (Phi) is 4.99. The van der Waals surface area contributed by atoms with Crippen LogP contribution in [0.3, 0.4) is 0 Å². The average molecular weight is 742 g/mol. The first-order valence-electron chi connectivity index (χ1n) is 23.3. The highest BCUT2D eigenvalue weighted by Crippen LogP contribution is 2.48. The second-order valence-corrected chi connectivity index (χ2v) is 14.8. The van der Waals surface area contributed by atoms with Crippen molar-refractivity contribution < 1.29 is 13.7 Å². The molecule has 262 valence electrons. The van der Waals surface area contributed by atoms with Crippen molar-refractivity contribution in [3.8, 4) is 11.4 Å². The van der Waals surface area contributed by atoms with Crippen LogP contribution in [-0.4, -0.2) is 9.13 Å². The highest BCUT2D eigenvalue weighted by Gasteiger charge is 2.23. The Morgan fingerprint density at radius 2 is 1.16 bits per heavy atom. The van der Waals surface area contributed by atoms with Crippen molar-refractivity contribution in [1.82, 2.24) is 9.13 Å². The molecule has 3 heterocycles. The second-order valence-electron chi connectivity index (χ2n) is 13.8. The maximum Gasteiger partial charge on any atom is 0.0645 e. The van der Waals surface area contributed by atoms with Crippen LogP contribution in [0.15, 0.2) is 200 Å². The Bertz CT molecular complexity index is 4020. The van der Waals surface area contributed by atoms with Gasteiger partial charge < -0.3 is 14.0 Å². The number of nitrogens with zero attached hydrogens (tertiary/aromatic N) is 3. The number of fused-ring (bicyclic) bond motifs is 11. The lowest BCUT2D eigenvalue weighted by Crippen LogP contribution is -2.09. The maximum absolute atomic E-state index is 9.16. The zero-order valence-corrected chi connectivity index (χ0v) is 30.3. The van der Waals surface area contributed by atoms with E-state index in [0.717, 1.165) is 69.2 Å². The minimum absolute atomic E-state index is 0.0453. The molecule has 0 saturated heterocycles. The zero-order valence-electron chi connectivity index (χ0n) is 39.5. The molecule has 0 amide bonds. The standard InChI is InChI=1S/C52H33N3S/c1-4-17-35(18-5-1)53(36-19-6-2-7-20-36)44-27-15-29-49-51(44)40-25-14-28-46(52(40)56-49)55-43-26-13-12-24-39(43)41-32-42-48(33-47(41)55)54(37-21-8-3-9-22-37)45-31-30-34-16-10-11-23-38(34)50(42)45/h1-33H/i1D,3D,4D,5D,8D,9D,17D,18D,21D,22D. The molecule has 4 heteroatoms. The van der Waals surface area contributed by atoms with Gasteiger partial charge in [0.15, 0.2) is 0 Å². The van der Waals surface area contributed by atoms with Crippen molar-refractivity contribution >= 4 is 103 Å². The number of anilines is 3. The normalized spacial score (nSPS) is 14.4. The highest BCUT2D eigenvalue weighted by atomic mass is 32.1. The average Bonchev–Trinajstić information content (AvgIpc) is 4.00. The highest BCUT2D eigenvalue weighted by molar-refractivity contribution is 7.26. The van der Waals surface area contributed by atoms with Crippen LogP contribution in [-0.2, 0) is 0 Å². The van der Waals surface area contributed by atoms with E-state index in [-0.39, 0.29) is 35.5 Å². The lowest BCUT2D eigenvalue weighted by atomic mass is 10.0. The molecular weight excluding hydrogens is 699 g/mol. The van der Waals surface area contributed by atoms with Crippen LogP contribution in [0.5, 0.6) is 0 Å². The number of thiophene rings is 1. The molecule has 0 radical (unpaired) electrons. The number of benzene rings is 9. The van der Waals surface area contributed by atoms with Gasteiger partial charge in [-0.1, -0.05) is 121 Å². The topological polar surface area (TPSA) is 13.1 Å². The molecule has 12 rings (SSSR count). The fraction of sp³-hybridized carbons (Fsp3) is 0. The summed E-state index contributed by atoms with van der Waals surface area (Å²) in [4.78, 5) is 1.76. The van der Waals surface area contributed by atoms with E-state index >= 15 is 0 Å². The third-order valence-corrected chi connectivity index (χ3v) is 12.0. The number of hydrogen-bond donors (Lipinski definition) is 0. The van der Waals surface area contributed by atoms with Crippen molar-refractivity contribution in [2.75, 3.05) is 4.90 Å². The van der Waals surface area contributed by atoms with Gasteiger partial charge in [0.25, 0.3) is 0 Å². The molecule has 0 bridgehead atoms. The zero-order chi connectivity index (χ0) is 45.4. The van der Waals surface area contributed by atoms with E-state index in [1.165, 1.54) is 0 Å².